The zero-order valence-corrected chi connectivity index (χ0v) is 9.77. The van der Waals surface area contributed by atoms with E-state index in [9.17, 15) is 4.79 Å². The van der Waals surface area contributed by atoms with Crippen molar-refractivity contribution in [3.05, 3.63) is 0 Å². The van der Waals surface area contributed by atoms with Crippen molar-refractivity contribution in [1.82, 2.24) is 0 Å². The van der Waals surface area contributed by atoms with Crippen molar-refractivity contribution in [2.75, 3.05) is 6.61 Å². The second kappa shape index (κ2) is 9.93. The quantitative estimate of drug-likeness (QED) is 0.422. The number of hydrogen-bond donors (Lipinski definition) is 0. The third-order valence-electron chi connectivity index (χ3n) is 1.84. The molecule has 2 nitrogen and oxygen atoms in total. The summed E-state index contributed by atoms with van der Waals surface area (Å²) in [5, 5.41) is 0.276. The summed E-state index contributed by atoms with van der Waals surface area (Å²) >= 11 is 0. The molecule has 0 aromatic rings. The fraction of sp³-hybridized carbons (Fsp3) is 0.900. The fourth-order valence-corrected chi connectivity index (χ4v) is 1.68. The van der Waals surface area contributed by atoms with Gasteiger partial charge < -0.3 is 9.22 Å². The molecule has 0 atom stereocenters. The van der Waals surface area contributed by atoms with Gasteiger partial charge in [0, 0.05) is 13.0 Å². The van der Waals surface area contributed by atoms with Crippen LogP contribution in [-0.4, -0.2) is 21.8 Å². The number of hydrogen-bond acceptors (Lipinski definition) is 2. The first-order chi connectivity index (χ1) is 6.31. The van der Waals surface area contributed by atoms with E-state index in [1.165, 1.54) is 25.7 Å². The molecule has 0 heterocycles. The molecule has 0 rings (SSSR count). The lowest BCUT2D eigenvalue weighted by Crippen LogP contribution is -2.12. The number of carbonyl (C=O) groups is 1. The largest absolute Gasteiger partial charge is 0.410 e. The smallest absolute Gasteiger partial charge is 0.315 e. The van der Waals surface area contributed by atoms with Gasteiger partial charge in [0.05, 0.1) is 0 Å². The minimum Gasteiger partial charge on any atom is -0.410 e. The van der Waals surface area contributed by atoms with Crippen LogP contribution < -0.4 is 0 Å². The van der Waals surface area contributed by atoms with Crippen molar-refractivity contribution in [2.45, 2.75) is 52.4 Å². The molecular weight excluding hydrogens is 180 g/mol. The summed E-state index contributed by atoms with van der Waals surface area (Å²) in [6.07, 6.45) is 6.76. The lowest BCUT2D eigenvalue weighted by Gasteiger charge is -1.99. The topological polar surface area (TPSA) is 26.3 Å². The Kier molecular flexibility index (Phi) is 9.81. The Morgan fingerprint density at radius 3 is 2.46 bits per heavy atom. The molecule has 0 unspecified atom stereocenters. The van der Waals surface area contributed by atoms with Crippen molar-refractivity contribution in [3.63, 3.8) is 0 Å². The van der Waals surface area contributed by atoms with Crippen LogP contribution in [0.1, 0.15) is 52.4 Å². The second-order valence-corrected chi connectivity index (χ2v) is 4.17. The summed E-state index contributed by atoms with van der Waals surface area (Å²) in [5.74, 6) is 0. The van der Waals surface area contributed by atoms with Crippen molar-refractivity contribution >= 4 is 15.2 Å². The van der Waals surface area contributed by atoms with Gasteiger partial charge in [-0.25, -0.2) is 0 Å². The fourth-order valence-electron chi connectivity index (χ4n) is 1.09. The van der Waals surface area contributed by atoms with Crippen molar-refractivity contribution in [3.8, 4) is 0 Å². The molecule has 0 spiro atoms. The van der Waals surface area contributed by atoms with Crippen LogP contribution in [0.3, 0.4) is 0 Å². The van der Waals surface area contributed by atoms with Crippen LogP contribution in [0.15, 0.2) is 0 Å². The molecule has 0 saturated carbocycles. The summed E-state index contributed by atoms with van der Waals surface area (Å²) in [4.78, 5) is 11.1. The molecule has 2 radical (unpaired) electrons. The van der Waals surface area contributed by atoms with Gasteiger partial charge in [-0.2, -0.15) is 0 Å². The minimum absolute atomic E-state index is 0.0793. The summed E-state index contributed by atoms with van der Waals surface area (Å²) in [5.41, 5.74) is 0. The SMILES string of the molecule is CCCCCCCC(=O)[Si]OCC. The first-order valence-corrected chi connectivity index (χ1v) is 6.12. The zero-order chi connectivity index (χ0) is 9.94. The molecule has 0 saturated heterocycles. The highest BCUT2D eigenvalue weighted by Gasteiger charge is 2.03. The zero-order valence-electron chi connectivity index (χ0n) is 8.77. The first-order valence-electron chi connectivity index (χ1n) is 5.21. The second-order valence-electron chi connectivity index (χ2n) is 3.12. The van der Waals surface area contributed by atoms with Gasteiger partial charge in [-0.15, -0.1) is 0 Å². The Hall–Kier alpha value is -0.153. The maximum Gasteiger partial charge on any atom is 0.315 e. The van der Waals surface area contributed by atoms with E-state index in [0.717, 1.165) is 6.42 Å². The molecular formula is C10H20O2Si. The molecule has 0 aliphatic rings. The molecule has 0 aliphatic heterocycles. The Morgan fingerprint density at radius 2 is 1.85 bits per heavy atom. The Labute approximate surface area is 84.0 Å². The molecule has 0 aliphatic carbocycles. The van der Waals surface area contributed by atoms with E-state index < -0.39 is 0 Å². The summed E-state index contributed by atoms with van der Waals surface area (Å²) in [6, 6.07) is 0. The maximum absolute atomic E-state index is 11.1. The average Bonchev–Trinajstić information content (AvgIpc) is 2.14. The van der Waals surface area contributed by atoms with Gasteiger partial charge in [0.25, 0.3) is 0 Å². The van der Waals surface area contributed by atoms with E-state index in [2.05, 4.69) is 6.92 Å². The Morgan fingerprint density at radius 1 is 1.15 bits per heavy atom. The molecule has 13 heavy (non-hydrogen) atoms. The third kappa shape index (κ3) is 9.76. The molecule has 0 aromatic heterocycles. The van der Waals surface area contributed by atoms with Gasteiger partial charge >= 0.3 is 9.76 Å². The van der Waals surface area contributed by atoms with E-state index in [-0.39, 0.29) is 15.2 Å². The van der Waals surface area contributed by atoms with Crippen molar-refractivity contribution in [2.24, 2.45) is 0 Å². The van der Waals surface area contributed by atoms with Gasteiger partial charge in [0.1, 0.15) is 5.41 Å². The van der Waals surface area contributed by atoms with E-state index in [1.54, 1.807) is 0 Å². The van der Waals surface area contributed by atoms with Crippen molar-refractivity contribution in [1.29, 1.82) is 0 Å². The van der Waals surface area contributed by atoms with E-state index in [4.69, 9.17) is 4.43 Å². The summed E-state index contributed by atoms with van der Waals surface area (Å²) in [6.45, 7) is 4.77. The van der Waals surface area contributed by atoms with E-state index in [1.807, 2.05) is 6.92 Å². The van der Waals surface area contributed by atoms with Crippen LogP contribution in [0.2, 0.25) is 0 Å². The summed E-state index contributed by atoms with van der Waals surface area (Å²) < 4.78 is 5.05. The highest BCUT2D eigenvalue weighted by Crippen LogP contribution is 2.04. The maximum atomic E-state index is 11.1. The van der Waals surface area contributed by atoms with Gasteiger partial charge in [0.15, 0.2) is 0 Å². The molecule has 0 fully saturated rings. The predicted molar refractivity (Wildman–Crippen MR) is 55.8 cm³/mol. The number of unbranched alkanes of at least 4 members (excludes halogenated alkanes) is 4. The Balaban J connectivity index is 3.08. The average molecular weight is 200 g/mol. The molecule has 0 bridgehead atoms. The standard InChI is InChI=1S/C10H20O2Si/c1-3-5-6-7-8-9-10(11)13-12-4-2/h3-9H2,1-2H3. The van der Waals surface area contributed by atoms with Crippen LogP contribution >= 0.6 is 0 Å². The number of rotatable bonds is 9. The highest BCUT2D eigenvalue weighted by molar-refractivity contribution is 6.68. The van der Waals surface area contributed by atoms with Gasteiger partial charge in [0.2, 0.25) is 0 Å². The van der Waals surface area contributed by atoms with Gasteiger partial charge in [-0.3, -0.25) is 0 Å². The van der Waals surface area contributed by atoms with Crippen LogP contribution in [0.4, 0.5) is 0 Å². The van der Waals surface area contributed by atoms with Crippen molar-refractivity contribution < 1.29 is 9.22 Å². The van der Waals surface area contributed by atoms with Crippen LogP contribution in [0.25, 0.3) is 0 Å². The molecule has 0 aromatic carbocycles. The summed E-state index contributed by atoms with van der Waals surface area (Å²) in [7, 11) is 0.0793. The first kappa shape index (κ1) is 12.8. The van der Waals surface area contributed by atoms with E-state index in [0.29, 0.717) is 13.0 Å². The van der Waals surface area contributed by atoms with Gasteiger partial charge in [-0.05, 0) is 13.3 Å². The van der Waals surface area contributed by atoms with E-state index >= 15 is 0 Å². The van der Waals surface area contributed by atoms with Crippen LogP contribution in [0.5, 0.6) is 0 Å². The minimum atomic E-state index is 0.0793. The monoisotopic (exact) mass is 200 g/mol. The molecule has 76 valence electrons. The molecule has 0 N–H and O–H groups in total. The van der Waals surface area contributed by atoms with Crippen LogP contribution in [-0.2, 0) is 9.22 Å². The van der Waals surface area contributed by atoms with Gasteiger partial charge in [-0.1, -0.05) is 32.6 Å². The third-order valence-corrected chi connectivity index (χ3v) is 2.75. The number of carbonyl (C=O) groups excluding carboxylic acids is 1. The lowest BCUT2D eigenvalue weighted by atomic mass is 10.1. The van der Waals surface area contributed by atoms with Crippen LogP contribution in [0, 0.1) is 0 Å². The predicted octanol–water partition coefficient (Wildman–Crippen LogP) is 2.53. The molecule has 3 heteroatoms. The lowest BCUT2D eigenvalue weighted by molar-refractivity contribution is -0.113. The molecule has 0 amide bonds. The Bertz CT molecular complexity index is 126. The normalized spacial score (nSPS) is 10.3. The highest BCUT2D eigenvalue weighted by atomic mass is 28.2.